The van der Waals surface area contributed by atoms with E-state index in [2.05, 4.69) is 20.2 Å². The standard InChI is InChI=1S/C13H20N4O/c1-18-12-6-7-14-13(16-12)17-8-2-3-11(17)9-15-10-4-5-10/h6-7,10-11,15H,2-5,8-9H2,1H3. The summed E-state index contributed by atoms with van der Waals surface area (Å²) in [6.07, 6.45) is 6.88. The molecule has 1 saturated heterocycles. The van der Waals surface area contributed by atoms with E-state index in [0.717, 1.165) is 25.1 Å². The molecule has 1 unspecified atom stereocenters. The highest BCUT2D eigenvalue weighted by atomic mass is 16.5. The Bertz CT molecular complexity index is 408. The van der Waals surface area contributed by atoms with Crippen molar-refractivity contribution in [2.75, 3.05) is 25.1 Å². The molecule has 1 atom stereocenters. The fourth-order valence-corrected chi connectivity index (χ4v) is 2.49. The number of aromatic nitrogens is 2. The van der Waals surface area contributed by atoms with Gasteiger partial charge in [-0.05, 0) is 25.7 Å². The molecule has 0 radical (unpaired) electrons. The lowest BCUT2D eigenvalue weighted by molar-refractivity contribution is 0.396. The Balaban J connectivity index is 1.67. The van der Waals surface area contributed by atoms with Crippen LogP contribution in [0, 0.1) is 0 Å². The van der Waals surface area contributed by atoms with E-state index >= 15 is 0 Å². The lowest BCUT2D eigenvalue weighted by Gasteiger charge is -2.25. The van der Waals surface area contributed by atoms with Crippen LogP contribution in [0.5, 0.6) is 5.88 Å². The molecule has 1 aromatic heterocycles. The molecule has 1 aliphatic heterocycles. The van der Waals surface area contributed by atoms with E-state index in [1.54, 1.807) is 19.4 Å². The van der Waals surface area contributed by atoms with Crippen molar-refractivity contribution < 1.29 is 4.74 Å². The molecular formula is C13H20N4O. The predicted molar refractivity (Wildman–Crippen MR) is 70.0 cm³/mol. The molecule has 2 aliphatic rings. The van der Waals surface area contributed by atoms with Gasteiger partial charge in [-0.15, -0.1) is 0 Å². The van der Waals surface area contributed by atoms with E-state index in [1.165, 1.54) is 25.7 Å². The Morgan fingerprint density at radius 2 is 2.33 bits per heavy atom. The highest BCUT2D eigenvalue weighted by molar-refractivity contribution is 5.35. The normalized spacial score (nSPS) is 23.4. The molecule has 3 rings (SSSR count). The number of hydrogen-bond donors (Lipinski definition) is 1. The van der Waals surface area contributed by atoms with Crippen LogP contribution >= 0.6 is 0 Å². The first kappa shape index (κ1) is 11.7. The van der Waals surface area contributed by atoms with Gasteiger partial charge in [0.05, 0.1) is 7.11 Å². The van der Waals surface area contributed by atoms with Gasteiger partial charge in [-0.25, -0.2) is 4.98 Å². The van der Waals surface area contributed by atoms with Gasteiger partial charge < -0.3 is 15.0 Å². The maximum absolute atomic E-state index is 5.16. The van der Waals surface area contributed by atoms with Gasteiger partial charge in [-0.3, -0.25) is 0 Å². The molecule has 98 valence electrons. The molecule has 2 fully saturated rings. The molecular weight excluding hydrogens is 228 g/mol. The van der Waals surface area contributed by atoms with Gasteiger partial charge in [-0.1, -0.05) is 0 Å². The molecule has 0 amide bonds. The molecule has 2 heterocycles. The molecule has 5 nitrogen and oxygen atoms in total. The van der Waals surface area contributed by atoms with Gasteiger partial charge in [0.1, 0.15) is 0 Å². The summed E-state index contributed by atoms with van der Waals surface area (Å²) in [6.45, 7) is 2.09. The van der Waals surface area contributed by atoms with E-state index in [4.69, 9.17) is 4.74 Å². The van der Waals surface area contributed by atoms with Gasteiger partial charge in [0.2, 0.25) is 11.8 Å². The number of rotatable bonds is 5. The summed E-state index contributed by atoms with van der Waals surface area (Å²) in [5, 5.41) is 3.60. The molecule has 1 saturated carbocycles. The van der Waals surface area contributed by atoms with Crippen LogP contribution in [0.4, 0.5) is 5.95 Å². The van der Waals surface area contributed by atoms with Crippen LogP contribution in [-0.2, 0) is 0 Å². The minimum Gasteiger partial charge on any atom is -0.481 e. The third-order valence-electron chi connectivity index (χ3n) is 3.68. The number of nitrogens with one attached hydrogen (secondary N) is 1. The first-order chi connectivity index (χ1) is 8.86. The SMILES string of the molecule is COc1ccnc(N2CCCC2CNC2CC2)n1. The summed E-state index contributed by atoms with van der Waals surface area (Å²) in [5.41, 5.74) is 0. The zero-order valence-corrected chi connectivity index (χ0v) is 10.8. The first-order valence-electron chi connectivity index (χ1n) is 6.74. The number of methoxy groups -OCH3 is 1. The number of hydrogen-bond acceptors (Lipinski definition) is 5. The summed E-state index contributed by atoms with van der Waals surface area (Å²) in [4.78, 5) is 11.1. The predicted octanol–water partition coefficient (Wildman–Crippen LogP) is 1.21. The summed E-state index contributed by atoms with van der Waals surface area (Å²) in [7, 11) is 1.64. The van der Waals surface area contributed by atoms with E-state index in [-0.39, 0.29) is 0 Å². The summed E-state index contributed by atoms with van der Waals surface area (Å²) in [6, 6.07) is 3.08. The third-order valence-corrected chi connectivity index (χ3v) is 3.68. The second-order valence-electron chi connectivity index (χ2n) is 5.07. The van der Waals surface area contributed by atoms with Crippen molar-refractivity contribution >= 4 is 5.95 Å². The summed E-state index contributed by atoms with van der Waals surface area (Å²) < 4.78 is 5.16. The Morgan fingerprint density at radius 1 is 1.44 bits per heavy atom. The van der Waals surface area contributed by atoms with Crippen LogP contribution in [-0.4, -0.2) is 42.3 Å². The Labute approximate surface area is 108 Å². The first-order valence-corrected chi connectivity index (χ1v) is 6.74. The highest BCUT2D eigenvalue weighted by Crippen LogP contribution is 2.25. The van der Waals surface area contributed by atoms with Crippen LogP contribution in [0.1, 0.15) is 25.7 Å². The van der Waals surface area contributed by atoms with Crippen LogP contribution in [0.2, 0.25) is 0 Å². The number of nitrogens with zero attached hydrogens (tertiary/aromatic N) is 3. The van der Waals surface area contributed by atoms with Crippen LogP contribution in [0.25, 0.3) is 0 Å². The Hall–Kier alpha value is -1.36. The molecule has 1 aliphatic carbocycles. The lowest BCUT2D eigenvalue weighted by Crippen LogP contribution is -2.39. The highest BCUT2D eigenvalue weighted by Gasteiger charge is 2.29. The van der Waals surface area contributed by atoms with Crippen molar-refractivity contribution in [1.29, 1.82) is 0 Å². The van der Waals surface area contributed by atoms with Gasteiger partial charge >= 0.3 is 0 Å². The van der Waals surface area contributed by atoms with Crippen LogP contribution in [0.3, 0.4) is 0 Å². The maximum atomic E-state index is 5.16. The van der Waals surface area contributed by atoms with Crippen LogP contribution in [0.15, 0.2) is 12.3 Å². The monoisotopic (exact) mass is 248 g/mol. The number of ether oxygens (including phenoxy) is 1. The second kappa shape index (κ2) is 5.10. The van der Waals surface area contributed by atoms with Crippen molar-refractivity contribution in [3.8, 4) is 5.88 Å². The molecule has 0 spiro atoms. The van der Waals surface area contributed by atoms with Crippen molar-refractivity contribution in [2.24, 2.45) is 0 Å². The van der Waals surface area contributed by atoms with Gasteiger partial charge in [-0.2, -0.15) is 4.98 Å². The molecule has 1 aromatic rings. The lowest BCUT2D eigenvalue weighted by atomic mass is 10.2. The van der Waals surface area contributed by atoms with Crippen molar-refractivity contribution in [3.63, 3.8) is 0 Å². The van der Waals surface area contributed by atoms with Gasteiger partial charge in [0.15, 0.2) is 0 Å². The van der Waals surface area contributed by atoms with Gasteiger partial charge in [0.25, 0.3) is 0 Å². The molecule has 0 aromatic carbocycles. The average molecular weight is 248 g/mol. The maximum Gasteiger partial charge on any atom is 0.228 e. The molecule has 1 N–H and O–H groups in total. The Morgan fingerprint density at radius 3 is 3.11 bits per heavy atom. The topological polar surface area (TPSA) is 50.3 Å². The average Bonchev–Trinajstić information content (AvgIpc) is 3.13. The van der Waals surface area contributed by atoms with Gasteiger partial charge in [0, 0.05) is 37.4 Å². The van der Waals surface area contributed by atoms with Crippen molar-refractivity contribution in [3.05, 3.63) is 12.3 Å². The zero-order valence-electron chi connectivity index (χ0n) is 10.8. The Kier molecular flexibility index (Phi) is 3.32. The fraction of sp³-hybridized carbons (Fsp3) is 0.692. The zero-order chi connectivity index (χ0) is 12.4. The minimum absolute atomic E-state index is 0.526. The number of anilines is 1. The third kappa shape index (κ3) is 2.56. The molecule has 0 bridgehead atoms. The molecule has 18 heavy (non-hydrogen) atoms. The minimum atomic E-state index is 0.526. The fourth-order valence-electron chi connectivity index (χ4n) is 2.49. The summed E-state index contributed by atoms with van der Waals surface area (Å²) in [5.74, 6) is 1.44. The summed E-state index contributed by atoms with van der Waals surface area (Å²) >= 11 is 0. The van der Waals surface area contributed by atoms with Crippen molar-refractivity contribution in [2.45, 2.75) is 37.8 Å². The smallest absolute Gasteiger partial charge is 0.228 e. The largest absolute Gasteiger partial charge is 0.481 e. The second-order valence-corrected chi connectivity index (χ2v) is 5.07. The van der Waals surface area contributed by atoms with E-state index in [1.807, 2.05) is 0 Å². The van der Waals surface area contributed by atoms with E-state index in [0.29, 0.717) is 11.9 Å². The van der Waals surface area contributed by atoms with E-state index in [9.17, 15) is 0 Å². The van der Waals surface area contributed by atoms with Crippen molar-refractivity contribution in [1.82, 2.24) is 15.3 Å². The quantitative estimate of drug-likeness (QED) is 0.848. The van der Waals surface area contributed by atoms with E-state index < -0.39 is 0 Å². The van der Waals surface area contributed by atoms with Crippen LogP contribution < -0.4 is 15.0 Å². The molecule has 5 heteroatoms.